The molecule has 0 radical (unpaired) electrons. The quantitative estimate of drug-likeness (QED) is 0.810. The molecule has 0 bridgehead atoms. The summed E-state index contributed by atoms with van der Waals surface area (Å²) in [6.45, 7) is 3.06. The van der Waals surface area contributed by atoms with Gasteiger partial charge in [0.1, 0.15) is 0 Å². The van der Waals surface area contributed by atoms with Crippen LogP contribution >= 0.6 is 0 Å². The van der Waals surface area contributed by atoms with Crippen molar-refractivity contribution in [1.82, 2.24) is 9.88 Å². The smallest absolute Gasteiger partial charge is 0.0663 e. The zero-order chi connectivity index (χ0) is 11.4. The summed E-state index contributed by atoms with van der Waals surface area (Å²) in [7, 11) is 2.11. The molecule has 1 fully saturated rings. The van der Waals surface area contributed by atoms with Crippen LogP contribution in [0.15, 0.2) is 24.5 Å². The molecule has 0 amide bonds. The van der Waals surface area contributed by atoms with Crippen LogP contribution in [0.4, 0.5) is 0 Å². The van der Waals surface area contributed by atoms with Crippen molar-refractivity contribution < 1.29 is 4.74 Å². The highest BCUT2D eigenvalue weighted by Gasteiger charge is 2.37. The van der Waals surface area contributed by atoms with Gasteiger partial charge in [-0.1, -0.05) is 6.07 Å². The Labute approximate surface area is 96.4 Å². The van der Waals surface area contributed by atoms with Crippen LogP contribution < -0.4 is 5.73 Å². The highest BCUT2D eigenvalue weighted by atomic mass is 16.5. The van der Waals surface area contributed by atoms with E-state index >= 15 is 0 Å². The molecule has 2 heterocycles. The zero-order valence-electron chi connectivity index (χ0n) is 9.72. The lowest BCUT2D eigenvalue weighted by molar-refractivity contribution is 0.0882. The molecule has 0 aliphatic carbocycles. The van der Waals surface area contributed by atoms with Crippen molar-refractivity contribution in [2.24, 2.45) is 5.73 Å². The van der Waals surface area contributed by atoms with Crippen LogP contribution in [0.2, 0.25) is 0 Å². The Bertz CT molecular complexity index is 322. The minimum atomic E-state index is 0.00976. The van der Waals surface area contributed by atoms with Crippen molar-refractivity contribution in [3.63, 3.8) is 0 Å². The Kier molecular flexibility index (Phi) is 3.53. The summed E-state index contributed by atoms with van der Waals surface area (Å²) in [5, 5.41) is 0. The summed E-state index contributed by atoms with van der Waals surface area (Å²) >= 11 is 0. The highest BCUT2D eigenvalue weighted by Crippen LogP contribution is 2.25. The average molecular weight is 221 g/mol. The zero-order valence-corrected chi connectivity index (χ0v) is 9.72. The monoisotopic (exact) mass is 221 g/mol. The molecule has 0 spiro atoms. The van der Waals surface area contributed by atoms with E-state index in [0.29, 0.717) is 6.54 Å². The predicted octanol–water partition coefficient (Wildman–Crippen LogP) is 0.631. The maximum Gasteiger partial charge on any atom is 0.0663 e. The molecule has 1 aliphatic rings. The van der Waals surface area contributed by atoms with Crippen LogP contribution in [-0.2, 0) is 11.3 Å². The molecule has 0 aromatic carbocycles. The second kappa shape index (κ2) is 4.91. The SMILES string of the molecule is CN(Cc1cccnc1)C1(CN)CCOC1. The van der Waals surface area contributed by atoms with Gasteiger partial charge in [0.15, 0.2) is 0 Å². The lowest BCUT2D eigenvalue weighted by Crippen LogP contribution is -2.52. The molecule has 1 unspecified atom stereocenters. The van der Waals surface area contributed by atoms with E-state index in [9.17, 15) is 0 Å². The van der Waals surface area contributed by atoms with E-state index in [-0.39, 0.29) is 5.54 Å². The number of hydrogen-bond donors (Lipinski definition) is 1. The lowest BCUT2D eigenvalue weighted by Gasteiger charge is -2.36. The molecule has 0 saturated carbocycles. The number of aromatic nitrogens is 1. The van der Waals surface area contributed by atoms with E-state index in [0.717, 1.165) is 26.2 Å². The van der Waals surface area contributed by atoms with Gasteiger partial charge in [-0.2, -0.15) is 0 Å². The summed E-state index contributed by atoms with van der Waals surface area (Å²) in [4.78, 5) is 6.41. The van der Waals surface area contributed by atoms with Crippen molar-refractivity contribution in [2.45, 2.75) is 18.5 Å². The first kappa shape index (κ1) is 11.5. The molecule has 4 nitrogen and oxygen atoms in total. The molecule has 2 rings (SSSR count). The molecule has 16 heavy (non-hydrogen) atoms. The van der Waals surface area contributed by atoms with Crippen molar-refractivity contribution in [2.75, 3.05) is 26.8 Å². The molecule has 1 aromatic rings. The summed E-state index contributed by atoms with van der Waals surface area (Å²) in [6, 6.07) is 4.05. The van der Waals surface area contributed by atoms with Crippen LogP contribution in [0.25, 0.3) is 0 Å². The number of hydrogen-bond acceptors (Lipinski definition) is 4. The molecule has 4 heteroatoms. The van der Waals surface area contributed by atoms with Gasteiger partial charge in [0.05, 0.1) is 12.1 Å². The van der Waals surface area contributed by atoms with Gasteiger partial charge < -0.3 is 10.5 Å². The van der Waals surface area contributed by atoms with E-state index in [1.165, 1.54) is 5.56 Å². The van der Waals surface area contributed by atoms with Crippen molar-refractivity contribution in [3.05, 3.63) is 30.1 Å². The van der Waals surface area contributed by atoms with Gasteiger partial charge >= 0.3 is 0 Å². The molecule has 1 aliphatic heterocycles. The third-order valence-electron chi connectivity index (χ3n) is 3.41. The number of likely N-dealkylation sites (N-methyl/N-ethyl adjacent to an activating group) is 1. The summed E-state index contributed by atoms with van der Waals surface area (Å²) in [6.07, 6.45) is 4.71. The van der Waals surface area contributed by atoms with Gasteiger partial charge in [-0.15, -0.1) is 0 Å². The predicted molar refractivity (Wildman–Crippen MR) is 62.9 cm³/mol. The number of nitrogens with two attached hydrogens (primary N) is 1. The van der Waals surface area contributed by atoms with Gasteiger partial charge in [0.25, 0.3) is 0 Å². The summed E-state index contributed by atoms with van der Waals surface area (Å²) in [5.74, 6) is 0. The van der Waals surface area contributed by atoms with Crippen LogP contribution in [0.5, 0.6) is 0 Å². The molecule has 1 aromatic heterocycles. The van der Waals surface area contributed by atoms with Gasteiger partial charge in [-0.3, -0.25) is 9.88 Å². The number of ether oxygens (including phenoxy) is 1. The van der Waals surface area contributed by atoms with E-state index in [2.05, 4.69) is 23.0 Å². The van der Waals surface area contributed by atoms with Crippen LogP contribution in [0.1, 0.15) is 12.0 Å². The van der Waals surface area contributed by atoms with Crippen molar-refractivity contribution in [1.29, 1.82) is 0 Å². The average Bonchev–Trinajstić information content (AvgIpc) is 2.80. The first-order valence-corrected chi connectivity index (χ1v) is 5.65. The fraction of sp³-hybridized carbons (Fsp3) is 0.583. The third-order valence-corrected chi connectivity index (χ3v) is 3.41. The maximum atomic E-state index is 5.89. The standard InChI is InChI=1S/C12H19N3O/c1-15(8-11-3-2-5-14-7-11)12(9-13)4-6-16-10-12/h2-3,5,7H,4,6,8-10,13H2,1H3. The molecule has 2 N–H and O–H groups in total. The van der Waals surface area contributed by atoms with Gasteiger partial charge in [-0.05, 0) is 25.1 Å². The number of pyridine rings is 1. The Morgan fingerprint density at radius 2 is 2.50 bits per heavy atom. The number of nitrogens with zero attached hydrogens (tertiary/aromatic N) is 2. The van der Waals surface area contributed by atoms with Gasteiger partial charge in [0, 0.05) is 32.1 Å². The minimum absolute atomic E-state index is 0.00976. The Hall–Kier alpha value is -0.970. The third kappa shape index (κ3) is 2.24. The Morgan fingerprint density at radius 3 is 3.06 bits per heavy atom. The molecule has 1 atom stereocenters. The minimum Gasteiger partial charge on any atom is -0.379 e. The normalized spacial score (nSPS) is 25.2. The Morgan fingerprint density at radius 1 is 1.62 bits per heavy atom. The van der Waals surface area contributed by atoms with Crippen molar-refractivity contribution >= 4 is 0 Å². The topological polar surface area (TPSA) is 51.4 Å². The first-order chi connectivity index (χ1) is 7.77. The van der Waals surface area contributed by atoms with E-state index < -0.39 is 0 Å². The molecule has 1 saturated heterocycles. The van der Waals surface area contributed by atoms with E-state index in [1.54, 1.807) is 6.20 Å². The highest BCUT2D eigenvalue weighted by molar-refractivity contribution is 5.09. The van der Waals surface area contributed by atoms with Crippen LogP contribution in [-0.4, -0.2) is 42.2 Å². The second-order valence-corrected chi connectivity index (χ2v) is 4.45. The summed E-state index contributed by atoms with van der Waals surface area (Å²) in [5.41, 5.74) is 7.11. The molecular weight excluding hydrogens is 202 g/mol. The van der Waals surface area contributed by atoms with E-state index in [1.807, 2.05) is 12.3 Å². The fourth-order valence-corrected chi connectivity index (χ4v) is 2.15. The molecular formula is C12H19N3O. The first-order valence-electron chi connectivity index (χ1n) is 5.65. The van der Waals surface area contributed by atoms with Gasteiger partial charge in [-0.25, -0.2) is 0 Å². The summed E-state index contributed by atoms with van der Waals surface area (Å²) < 4.78 is 5.47. The second-order valence-electron chi connectivity index (χ2n) is 4.45. The number of rotatable bonds is 4. The van der Waals surface area contributed by atoms with Gasteiger partial charge in [0.2, 0.25) is 0 Å². The van der Waals surface area contributed by atoms with Crippen LogP contribution in [0.3, 0.4) is 0 Å². The molecule has 88 valence electrons. The van der Waals surface area contributed by atoms with Crippen LogP contribution in [0, 0.1) is 0 Å². The van der Waals surface area contributed by atoms with E-state index in [4.69, 9.17) is 10.5 Å². The lowest BCUT2D eigenvalue weighted by atomic mass is 9.96. The largest absolute Gasteiger partial charge is 0.379 e. The van der Waals surface area contributed by atoms with Crippen molar-refractivity contribution in [3.8, 4) is 0 Å². The Balaban J connectivity index is 2.04. The fourth-order valence-electron chi connectivity index (χ4n) is 2.15. The maximum absolute atomic E-state index is 5.89.